The van der Waals surface area contributed by atoms with E-state index in [1.54, 1.807) is 17.3 Å². The highest BCUT2D eigenvalue weighted by Gasteiger charge is 2.55. The van der Waals surface area contributed by atoms with Gasteiger partial charge in [0.2, 0.25) is 0 Å². The summed E-state index contributed by atoms with van der Waals surface area (Å²) in [6.07, 6.45) is 4.53. The lowest BCUT2D eigenvalue weighted by atomic mass is 10.1. The van der Waals surface area contributed by atoms with Gasteiger partial charge in [-0.05, 0) is 18.8 Å². The molecule has 2 aliphatic rings. The third-order valence-corrected chi connectivity index (χ3v) is 3.16. The number of nitrogens with one attached hydrogen (secondary N) is 1. The minimum absolute atomic E-state index is 0.0498. The van der Waals surface area contributed by atoms with Crippen molar-refractivity contribution in [3.8, 4) is 0 Å². The molecule has 1 aliphatic heterocycles. The zero-order chi connectivity index (χ0) is 9.71. The molecule has 1 aliphatic carbocycles. The van der Waals surface area contributed by atoms with Crippen molar-refractivity contribution >= 4 is 6.09 Å². The molecule has 3 unspecified atom stereocenters. The first-order valence-corrected chi connectivity index (χ1v) is 4.78. The Balaban J connectivity index is 1.90. The minimum atomic E-state index is -0.823. The molecule has 5 nitrogen and oxygen atoms in total. The maximum atomic E-state index is 11.0. The second kappa shape index (κ2) is 2.50. The number of aromatic amines is 1. The number of piperidine rings is 1. The van der Waals surface area contributed by atoms with E-state index >= 15 is 0 Å². The van der Waals surface area contributed by atoms with Crippen LogP contribution in [0.1, 0.15) is 24.7 Å². The quantitative estimate of drug-likeness (QED) is 0.704. The van der Waals surface area contributed by atoms with Gasteiger partial charge in [0.1, 0.15) is 5.82 Å². The van der Waals surface area contributed by atoms with Gasteiger partial charge in [0, 0.05) is 18.4 Å². The number of aromatic nitrogens is 2. The summed E-state index contributed by atoms with van der Waals surface area (Å²) < 4.78 is 0. The zero-order valence-corrected chi connectivity index (χ0v) is 7.55. The van der Waals surface area contributed by atoms with E-state index in [2.05, 4.69) is 9.97 Å². The van der Waals surface area contributed by atoms with Crippen LogP contribution < -0.4 is 0 Å². The Bertz CT molecular complexity index is 362. The fourth-order valence-electron chi connectivity index (χ4n) is 2.44. The van der Waals surface area contributed by atoms with E-state index in [4.69, 9.17) is 5.11 Å². The molecule has 2 heterocycles. The third kappa shape index (κ3) is 0.950. The number of H-pyrrole nitrogens is 1. The molecule has 3 rings (SSSR count). The van der Waals surface area contributed by atoms with E-state index in [1.807, 2.05) is 0 Å². The van der Waals surface area contributed by atoms with Crippen molar-refractivity contribution in [3.05, 3.63) is 18.2 Å². The molecule has 1 amide bonds. The van der Waals surface area contributed by atoms with E-state index in [9.17, 15) is 4.79 Å². The Morgan fingerprint density at radius 3 is 3.14 bits per heavy atom. The Labute approximate surface area is 80.8 Å². The van der Waals surface area contributed by atoms with Crippen LogP contribution in [0.4, 0.5) is 4.79 Å². The lowest BCUT2D eigenvalue weighted by molar-refractivity contribution is 0.128. The van der Waals surface area contributed by atoms with E-state index in [-0.39, 0.29) is 12.1 Å². The van der Waals surface area contributed by atoms with E-state index in [1.165, 1.54) is 0 Å². The number of imidazole rings is 1. The maximum absolute atomic E-state index is 11.0. The van der Waals surface area contributed by atoms with Crippen LogP contribution >= 0.6 is 0 Å². The molecule has 0 bridgehead atoms. The molecule has 0 spiro atoms. The number of nitrogens with zero attached hydrogens (tertiary/aromatic N) is 2. The van der Waals surface area contributed by atoms with Gasteiger partial charge >= 0.3 is 6.09 Å². The van der Waals surface area contributed by atoms with E-state index < -0.39 is 6.09 Å². The van der Waals surface area contributed by atoms with Crippen LogP contribution in [-0.2, 0) is 0 Å². The molecule has 0 aromatic carbocycles. The number of carbonyl (C=O) groups is 1. The molecule has 1 saturated carbocycles. The van der Waals surface area contributed by atoms with Gasteiger partial charge in [0.25, 0.3) is 0 Å². The minimum Gasteiger partial charge on any atom is -0.465 e. The summed E-state index contributed by atoms with van der Waals surface area (Å²) in [5.74, 6) is 1.35. The number of fused-ring (bicyclic) bond motifs is 1. The van der Waals surface area contributed by atoms with E-state index in [0.29, 0.717) is 5.92 Å². The number of rotatable bonds is 1. The normalized spacial score (nSPS) is 34.3. The van der Waals surface area contributed by atoms with Crippen LogP contribution in [0.25, 0.3) is 0 Å². The van der Waals surface area contributed by atoms with Crippen LogP contribution in [-0.4, -0.2) is 32.1 Å². The average Bonchev–Trinajstić information content (AvgIpc) is 2.69. The molecule has 2 N–H and O–H groups in total. The first-order valence-electron chi connectivity index (χ1n) is 4.78. The molecular weight excluding hydrogens is 182 g/mol. The van der Waals surface area contributed by atoms with Crippen LogP contribution in [0.15, 0.2) is 12.4 Å². The van der Waals surface area contributed by atoms with Crippen molar-refractivity contribution in [2.45, 2.75) is 24.9 Å². The highest BCUT2D eigenvalue weighted by molar-refractivity contribution is 5.67. The van der Waals surface area contributed by atoms with Crippen LogP contribution in [0.2, 0.25) is 0 Å². The summed E-state index contributed by atoms with van der Waals surface area (Å²) in [4.78, 5) is 19.7. The number of hydrogen-bond donors (Lipinski definition) is 2. The zero-order valence-electron chi connectivity index (χ0n) is 7.55. The topological polar surface area (TPSA) is 69.2 Å². The molecule has 2 fully saturated rings. The molecule has 3 atom stereocenters. The molecule has 5 heteroatoms. The van der Waals surface area contributed by atoms with Gasteiger partial charge in [0.15, 0.2) is 0 Å². The van der Waals surface area contributed by atoms with Gasteiger partial charge in [0.05, 0.1) is 6.04 Å². The molecule has 0 radical (unpaired) electrons. The lowest BCUT2D eigenvalue weighted by Crippen LogP contribution is -2.32. The maximum Gasteiger partial charge on any atom is 0.408 e. The van der Waals surface area contributed by atoms with Crippen molar-refractivity contribution in [3.63, 3.8) is 0 Å². The number of amides is 1. The first kappa shape index (κ1) is 7.84. The van der Waals surface area contributed by atoms with Gasteiger partial charge in [-0.15, -0.1) is 0 Å². The highest BCUT2D eigenvalue weighted by Crippen LogP contribution is 2.52. The number of carboxylic acid groups (broad SMARTS) is 1. The Hall–Kier alpha value is -1.52. The van der Waals surface area contributed by atoms with Crippen molar-refractivity contribution in [1.29, 1.82) is 0 Å². The predicted octanol–water partition coefficient (Wildman–Crippen LogP) is 1.22. The van der Waals surface area contributed by atoms with Gasteiger partial charge in [-0.1, -0.05) is 0 Å². The summed E-state index contributed by atoms with van der Waals surface area (Å²) in [6, 6.07) is 0.203. The average molecular weight is 193 g/mol. The van der Waals surface area contributed by atoms with Crippen molar-refractivity contribution < 1.29 is 9.90 Å². The third-order valence-electron chi connectivity index (χ3n) is 3.16. The molecule has 1 aromatic rings. The van der Waals surface area contributed by atoms with Crippen molar-refractivity contribution in [2.24, 2.45) is 5.92 Å². The molecule has 1 saturated heterocycles. The van der Waals surface area contributed by atoms with Crippen molar-refractivity contribution in [1.82, 2.24) is 14.9 Å². The molecule has 1 aromatic heterocycles. The summed E-state index contributed by atoms with van der Waals surface area (Å²) in [7, 11) is 0. The standard InChI is InChI=1S/C9H11N3O2/c13-9(14)12-6-3-5(6)4-7(12)8-10-1-2-11-8/h1-2,5-7H,3-4H2,(H,10,11)(H,13,14). The summed E-state index contributed by atoms with van der Waals surface area (Å²) in [6.45, 7) is 0. The number of hydrogen-bond acceptors (Lipinski definition) is 2. The van der Waals surface area contributed by atoms with E-state index in [0.717, 1.165) is 18.7 Å². The fourth-order valence-corrected chi connectivity index (χ4v) is 2.44. The first-order chi connectivity index (χ1) is 6.77. The highest BCUT2D eigenvalue weighted by atomic mass is 16.4. The van der Waals surface area contributed by atoms with Gasteiger partial charge in [-0.3, -0.25) is 4.90 Å². The molecular formula is C9H11N3O2. The second-order valence-corrected chi connectivity index (χ2v) is 3.98. The Morgan fingerprint density at radius 2 is 2.50 bits per heavy atom. The second-order valence-electron chi connectivity index (χ2n) is 3.98. The van der Waals surface area contributed by atoms with Crippen LogP contribution in [0, 0.1) is 5.92 Å². The Kier molecular flexibility index (Phi) is 1.40. The monoisotopic (exact) mass is 193 g/mol. The van der Waals surface area contributed by atoms with Crippen LogP contribution in [0.3, 0.4) is 0 Å². The van der Waals surface area contributed by atoms with Crippen LogP contribution in [0.5, 0.6) is 0 Å². The smallest absolute Gasteiger partial charge is 0.408 e. The summed E-state index contributed by atoms with van der Waals surface area (Å²) in [5.41, 5.74) is 0. The fraction of sp³-hybridized carbons (Fsp3) is 0.556. The van der Waals surface area contributed by atoms with Gasteiger partial charge in [-0.25, -0.2) is 9.78 Å². The SMILES string of the molecule is O=C(O)N1C(c2ncc[nH]2)CC2CC21. The number of likely N-dealkylation sites (tertiary alicyclic amines) is 1. The van der Waals surface area contributed by atoms with Gasteiger partial charge < -0.3 is 10.1 Å². The van der Waals surface area contributed by atoms with Crippen molar-refractivity contribution in [2.75, 3.05) is 0 Å². The summed E-state index contributed by atoms with van der Waals surface area (Å²) >= 11 is 0. The predicted molar refractivity (Wildman–Crippen MR) is 47.7 cm³/mol. The largest absolute Gasteiger partial charge is 0.465 e. The summed E-state index contributed by atoms with van der Waals surface area (Å²) in [5, 5.41) is 9.06. The molecule has 14 heavy (non-hydrogen) atoms. The Morgan fingerprint density at radius 1 is 1.64 bits per heavy atom. The lowest BCUT2D eigenvalue weighted by Gasteiger charge is -2.22. The molecule has 74 valence electrons. The van der Waals surface area contributed by atoms with Gasteiger partial charge in [-0.2, -0.15) is 0 Å².